The first kappa shape index (κ1) is 21.3. The number of aromatic nitrogens is 2. The van der Waals surface area contributed by atoms with Gasteiger partial charge in [0.05, 0.1) is 4.90 Å². The summed E-state index contributed by atoms with van der Waals surface area (Å²) in [6.07, 6.45) is -2.53. The average Bonchev–Trinajstić information content (AvgIpc) is 3.37. The lowest BCUT2D eigenvalue weighted by molar-refractivity contribution is -0.141. The Balaban J connectivity index is 1.57. The van der Waals surface area contributed by atoms with Crippen molar-refractivity contribution in [3.05, 3.63) is 41.7 Å². The van der Waals surface area contributed by atoms with Crippen LogP contribution >= 0.6 is 0 Å². The Hall–Kier alpha value is -2.40. The van der Waals surface area contributed by atoms with Gasteiger partial charge in [-0.25, -0.2) is 13.1 Å². The summed E-state index contributed by atoms with van der Waals surface area (Å²) in [5.74, 6) is -0.172. The Morgan fingerprint density at radius 1 is 1.24 bits per heavy atom. The smallest absolute Gasteiger partial charge is 0.326 e. The van der Waals surface area contributed by atoms with Gasteiger partial charge in [0.1, 0.15) is 0 Å². The molecule has 0 atom stereocenters. The average molecular weight is 430 g/mol. The highest BCUT2D eigenvalue weighted by atomic mass is 32.2. The minimum Gasteiger partial charge on any atom is -0.326 e. The maximum Gasteiger partial charge on any atom is 0.435 e. The Bertz CT molecular complexity index is 981. The topological polar surface area (TPSA) is 93.1 Å². The molecule has 1 aliphatic rings. The van der Waals surface area contributed by atoms with Crippen LogP contribution in [-0.2, 0) is 27.5 Å². The number of sulfonamides is 1. The number of rotatable bonds is 8. The minimum absolute atomic E-state index is 0.0312. The number of hydrogen-bond donors (Lipinski definition) is 2. The van der Waals surface area contributed by atoms with Crippen LogP contribution in [0.1, 0.15) is 43.5 Å². The number of aryl methyl sites for hydroxylation is 1. The molecule has 0 aliphatic heterocycles. The summed E-state index contributed by atoms with van der Waals surface area (Å²) in [5, 5.41) is 6.19. The van der Waals surface area contributed by atoms with Gasteiger partial charge in [-0.3, -0.25) is 9.48 Å². The molecule has 1 amide bonds. The summed E-state index contributed by atoms with van der Waals surface area (Å²) in [6.45, 7) is 1.59. The van der Waals surface area contributed by atoms with Crippen molar-refractivity contribution in [2.45, 2.75) is 49.7 Å². The van der Waals surface area contributed by atoms with Crippen molar-refractivity contribution in [2.75, 3.05) is 11.9 Å². The van der Waals surface area contributed by atoms with E-state index in [0.29, 0.717) is 17.8 Å². The number of nitrogens with one attached hydrogen (secondary N) is 2. The fourth-order valence-electron chi connectivity index (χ4n) is 2.90. The second-order valence-electron chi connectivity index (χ2n) is 6.91. The molecule has 2 N–H and O–H groups in total. The molecule has 158 valence electrons. The highest BCUT2D eigenvalue weighted by Gasteiger charge is 2.37. The second-order valence-corrected chi connectivity index (χ2v) is 8.67. The van der Waals surface area contributed by atoms with Crippen LogP contribution in [0, 0.1) is 0 Å². The van der Waals surface area contributed by atoms with Crippen LogP contribution in [0.3, 0.4) is 0 Å². The van der Waals surface area contributed by atoms with E-state index in [-0.39, 0.29) is 29.8 Å². The molecule has 0 radical (unpaired) electrons. The molecule has 1 aromatic heterocycles. The second kappa shape index (κ2) is 8.15. The molecule has 7 nitrogen and oxygen atoms in total. The Morgan fingerprint density at radius 2 is 1.90 bits per heavy atom. The molecule has 1 aromatic carbocycles. The third-order valence-corrected chi connectivity index (χ3v) is 5.90. The van der Waals surface area contributed by atoms with E-state index in [1.807, 2.05) is 0 Å². The van der Waals surface area contributed by atoms with Gasteiger partial charge in [0, 0.05) is 37.3 Å². The first-order valence-electron chi connectivity index (χ1n) is 9.08. The molecular weight excluding hydrogens is 409 g/mol. The van der Waals surface area contributed by atoms with Crippen molar-refractivity contribution in [1.82, 2.24) is 14.5 Å². The van der Waals surface area contributed by atoms with Gasteiger partial charge in [-0.15, -0.1) is 0 Å². The third-order valence-electron chi connectivity index (χ3n) is 4.42. The Morgan fingerprint density at radius 3 is 2.45 bits per heavy atom. The van der Waals surface area contributed by atoms with Crippen molar-refractivity contribution in [3.8, 4) is 0 Å². The first-order valence-corrected chi connectivity index (χ1v) is 10.6. The lowest BCUT2D eigenvalue weighted by Gasteiger charge is -2.09. The molecule has 1 heterocycles. The van der Waals surface area contributed by atoms with E-state index in [1.54, 1.807) is 0 Å². The van der Waals surface area contributed by atoms with Gasteiger partial charge in [-0.05, 0) is 49.6 Å². The van der Waals surface area contributed by atoms with Crippen LogP contribution < -0.4 is 10.0 Å². The van der Waals surface area contributed by atoms with Crippen LogP contribution in [0.5, 0.6) is 0 Å². The Kier molecular flexibility index (Phi) is 5.99. The summed E-state index contributed by atoms with van der Waals surface area (Å²) in [7, 11) is -3.76. The van der Waals surface area contributed by atoms with Gasteiger partial charge in [-0.2, -0.15) is 18.3 Å². The molecule has 1 fully saturated rings. The van der Waals surface area contributed by atoms with Crippen molar-refractivity contribution < 1.29 is 26.4 Å². The van der Waals surface area contributed by atoms with E-state index in [9.17, 15) is 26.4 Å². The van der Waals surface area contributed by atoms with Gasteiger partial charge >= 0.3 is 6.18 Å². The normalized spacial score (nSPS) is 14.8. The number of benzene rings is 1. The van der Waals surface area contributed by atoms with Gasteiger partial charge < -0.3 is 5.32 Å². The standard InChI is InChI=1S/C18H21F3N4O3S/c1-12(26)23-14-5-7-15(8-6-14)29(27,28)22-9-2-10-25-16(13-3-4-13)11-17(24-25)18(19,20)21/h5-8,11,13,22H,2-4,9-10H2,1H3,(H,23,26). The first-order chi connectivity index (χ1) is 13.6. The number of nitrogens with zero attached hydrogens (tertiary/aromatic N) is 2. The van der Waals surface area contributed by atoms with Gasteiger partial charge in [-0.1, -0.05) is 0 Å². The molecule has 3 rings (SSSR count). The zero-order valence-electron chi connectivity index (χ0n) is 15.7. The van der Waals surface area contributed by atoms with Crippen LogP contribution in [-0.4, -0.2) is 30.7 Å². The van der Waals surface area contributed by atoms with E-state index in [4.69, 9.17) is 0 Å². The highest BCUT2D eigenvalue weighted by molar-refractivity contribution is 7.89. The molecule has 2 aromatic rings. The van der Waals surface area contributed by atoms with Crippen LogP contribution in [0.2, 0.25) is 0 Å². The van der Waals surface area contributed by atoms with Gasteiger partial charge in [0.15, 0.2) is 5.69 Å². The molecule has 29 heavy (non-hydrogen) atoms. The maximum atomic E-state index is 12.9. The minimum atomic E-state index is -4.50. The molecular formula is C18H21F3N4O3S. The van der Waals surface area contributed by atoms with Crippen LogP contribution in [0.15, 0.2) is 35.2 Å². The largest absolute Gasteiger partial charge is 0.435 e. The molecule has 11 heteroatoms. The summed E-state index contributed by atoms with van der Waals surface area (Å²) in [5.41, 5.74) is 0.108. The number of anilines is 1. The fraction of sp³-hybridized carbons (Fsp3) is 0.444. The van der Waals surface area contributed by atoms with Crippen molar-refractivity contribution in [3.63, 3.8) is 0 Å². The molecule has 0 spiro atoms. The van der Waals surface area contributed by atoms with Crippen molar-refractivity contribution in [1.29, 1.82) is 0 Å². The summed E-state index contributed by atoms with van der Waals surface area (Å²) >= 11 is 0. The zero-order chi connectivity index (χ0) is 21.2. The molecule has 1 saturated carbocycles. The van der Waals surface area contributed by atoms with E-state index >= 15 is 0 Å². The maximum absolute atomic E-state index is 12.9. The lowest BCUT2D eigenvalue weighted by atomic mass is 10.2. The predicted octanol–water partition coefficient (Wildman–Crippen LogP) is 3.11. The summed E-state index contributed by atoms with van der Waals surface area (Å²) < 4.78 is 67.1. The van der Waals surface area contributed by atoms with Crippen molar-refractivity contribution >= 4 is 21.6 Å². The quantitative estimate of drug-likeness (QED) is 0.630. The number of carbonyl (C=O) groups excluding carboxylic acids is 1. The monoisotopic (exact) mass is 430 g/mol. The zero-order valence-corrected chi connectivity index (χ0v) is 16.5. The van der Waals surface area contributed by atoms with Gasteiger partial charge in [0.25, 0.3) is 0 Å². The van der Waals surface area contributed by atoms with E-state index < -0.39 is 21.9 Å². The van der Waals surface area contributed by atoms with Crippen molar-refractivity contribution in [2.24, 2.45) is 0 Å². The van der Waals surface area contributed by atoms with Crippen LogP contribution in [0.25, 0.3) is 0 Å². The number of carbonyl (C=O) groups is 1. The van der Waals surface area contributed by atoms with E-state index in [0.717, 1.165) is 18.9 Å². The highest BCUT2D eigenvalue weighted by Crippen LogP contribution is 2.42. The summed E-state index contributed by atoms with van der Waals surface area (Å²) in [4.78, 5) is 11.0. The number of halogens is 3. The molecule has 0 saturated heterocycles. The third kappa shape index (κ3) is 5.57. The van der Waals surface area contributed by atoms with E-state index in [1.165, 1.54) is 35.9 Å². The van der Waals surface area contributed by atoms with E-state index in [2.05, 4.69) is 15.1 Å². The van der Waals surface area contributed by atoms with Crippen LogP contribution in [0.4, 0.5) is 18.9 Å². The Labute approximate surface area is 166 Å². The molecule has 0 bridgehead atoms. The lowest BCUT2D eigenvalue weighted by Crippen LogP contribution is -2.26. The molecule has 1 aliphatic carbocycles. The fourth-order valence-corrected chi connectivity index (χ4v) is 3.97. The number of amides is 1. The summed E-state index contributed by atoms with van der Waals surface area (Å²) in [6, 6.07) is 6.75. The van der Waals surface area contributed by atoms with Gasteiger partial charge in [0.2, 0.25) is 15.9 Å². The predicted molar refractivity (Wildman–Crippen MR) is 99.8 cm³/mol. The number of alkyl halides is 3. The molecule has 0 unspecified atom stereocenters. The SMILES string of the molecule is CC(=O)Nc1ccc(S(=O)(=O)NCCCn2nc(C(F)(F)F)cc2C2CC2)cc1. The number of hydrogen-bond acceptors (Lipinski definition) is 4.